The Labute approximate surface area is 175 Å². The van der Waals surface area contributed by atoms with Crippen molar-refractivity contribution in [2.75, 3.05) is 38.3 Å². The summed E-state index contributed by atoms with van der Waals surface area (Å²) < 4.78 is 5.14. The Morgan fingerprint density at radius 2 is 1.90 bits per heavy atom. The number of nitrogens with zero attached hydrogens (tertiary/aromatic N) is 2. The van der Waals surface area contributed by atoms with E-state index in [-0.39, 0.29) is 17.9 Å². The van der Waals surface area contributed by atoms with Gasteiger partial charge in [0.05, 0.1) is 23.1 Å². The molecule has 0 saturated heterocycles. The predicted molar refractivity (Wildman–Crippen MR) is 115 cm³/mol. The summed E-state index contributed by atoms with van der Waals surface area (Å²) in [4.78, 5) is 30.1. The lowest BCUT2D eigenvalue weighted by Gasteiger charge is -2.27. The van der Waals surface area contributed by atoms with Crippen LogP contribution in [0.2, 0.25) is 0 Å². The molecule has 0 spiro atoms. The minimum Gasteiger partial charge on any atom is -0.503 e. The van der Waals surface area contributed by atoms with Crippen molar-refractivity contribution in [3.05, 3.63) is 63.6 Å². The molecule has 1 N–H and O–H groups in total. The number of Topliss-reactive ketones (excluding diaryl/α,β-unsaturated/α-hetero) is 1. The number of ether oxygens (including phenoxy) is 1. The van der Waals surface area contributed by atoms with Gasteiger partial charge in [-0.05, 0) is 43.0 Å². The maximum Gasteiger partial charge on any atom is 0.290 e. The van der Waals surface area contributed by atoms with Crippen LogP contribution < -0.4 is 4.90 Å². The van der Waals surface area contributed by atoms with Crippen molar-refractivity contribution in [1.29, 1.82) is 0 Å². The number of ketones is 1. The second-order valence-corrected chi connectivity index (χ2v) is 7.67. The van der Waals surface area contributed by atoms with Gasteiger partial charge in [0.2, 0.25) is 5.78 Å². The van der Waals surface area contributed by atoms with E-state index in [9.17, 15) is 14.7 Å². The number of benzene rings is 1. The van der Waals surface area contributed by atoms with Crippen LogP contribution in [-0.4, -0.2) is 55.0 Å². The molecule has 1 aliphatic heterocycles. The maximum atomic E-state index is 13.1. The largest absolute Gasteiger partial charge is 0.503 e. The smallest absolute Gasteiger partial charge is 0.290 e. The molecule has 1 unspecified atom stereocenters. The molecular formula is C22H26N2O4S. The van der Waals surface area contributed by atoms with Crippen LogP contribution in [0.1, 0.15) is 35.1 Å². The number of hydrogen-bond acceptors (Lipinski definition) is 6. The minimum absolute atomic E-state index is 0.129. The van der Waals surface area contributed by atoms with Gasteiger partial charge in [-0.1, -0.05) is 18.2 Å². The van der Waals surface area contributed by atoms with E-state index >= 15 is 0 Å². The average Bonchev–Trinajstić information content (AvgIpc) is 3.36. The van der Waals surface area contributed by atoms with Crippen LogP contribution in [0.5, 0.6) is 0 Å². The van der Waals surface area contributed by atoms with E-state index in [4.69, 9.17) is 4.74 Å². The fraction of sp³-hybridized carbons (Fsp3) is 0.364. The number of anilines is 1. The van der Waals surface area contributed by atoms with Gasteiger partial charge in [0.15, 0.2) is 5.76 Å². The highest BCUT2D eigenvalue weighted by molar-refractivity contribution is 7.12. The SMILES string of the molecule is CCN(CC)c1ccc(C2C(C(=O)c3cccs3)=C(O)C(=O)N2CCOC)cc1. The fourth-order valence-electron chi connectivity index (χ4n) is 3.65. The number of methoxy groups -OCH3 is 1. The topological polar surface area (TPSA) is 70.1 Å². The summed E-state index contributed by atoms with van der Waals surface area (Å²) in [6.07, 6.45) is 0. The van der Waals surface area contributed by atoms with Gasteiger partial charge >= 0.3 is 0 Å². The first kappa shape index (κ1) is 21.1. The van der Waals surface area contributed by atoms with Crippen LogP contribution in [0.3, 0.4) is 0 Å². The van der Waals surface area contributed by atoms with Gasteiger partial charge < -0.3 is 19.6 Å². The third-order valence-electron chi connectivity index (χ3n) is 5.17. The quantitative estimate of drug-likeness (QED) is 0.632. The molecule has 0 bridgehead atoms. The molecular weight excluding hydrogens is 388 g/mol. The number of aliphatic hydroxyl groups excluding tert-OH is 1. The lowest BCUT2D eigenvalue weighted by atomic mass is 9.95. The van der Waals surface area contributed by atoms with Crippen LogP contribution in [0, 0.1) is 0 Å². The first-order valence-corrected chi connectivity index (χ1v) is 10.6. The number of rotatable bonds is 9. The Morgan fingerprint density at radius 1 is 1.21 bits per heavy atom. The molecule has 2 aromatic rings. The van der Waals surface area contributed by atoms with Crippen LogP contribution in [0.25, 0.3) is 0 Å². The molecule has 1 amide bonds. The van der Waals surface area contributed by atoms with E-state index in [1.54, 1.807) is 24.6 Å². The molecule has 154 valence electrons. The number of thiophene rings is 1. The molecule has 0 radical (unpaired) electrons. The molecule has 0 aliphatic carbocycles. The van der Waals surface area contributed by atoms with E-state index in [1.165, 1.54) is 16.2 Å². The summed E-state index contributed by atoms with van der Waals surface area (Å²) in [6, 6.07) is 10.7. The molecule has 1 aromatic heterocycles. The van der Waals surface area contributed by atoms with Crippen LogP contribution in [0.15, 0.2) is 53.1 Å². The fourth-order valence-corrected chi connectivity index (χ4v) is 4.33. The van der Waals surface area contributed by atoms with E-state index in [0.29, 0.717) is 11.5 Å². The van der Waals surface area contributed by atoms with Gasteiger partial charge in [-0.2, -0.15) is 0 Å². The monoisotopic (exact) mass is 414 g/mol. The molecule has 1 aromatic carbocycles. The summed E-state index contributed by atoms with van der Waals surface area (Å²) in [5.74, 6) is -1.33. The Morgan fingerprint density at radius 3 is 2.45 bits per heavy atom. The van der Waals surface area contributed by atoms with Crippen molar-refractivity contribution < 1.29 is 19.4 Å². The van der Waals surface area contributed by atoms with Gasteiger partial charge in [0.25, 0.3) is 5.91 Å². The lowest BCUT2D eigenvalue weighted by molar-refractivity contribution is -0.130. The summed E-state index contributed by atoms with van der Waals surface area (Å²) in [6.45, 7) is 6.56. The molecule has 3 rings (SSSR count). The number of carbonyl (C=O) groups excluding carboxylic acids is 2. The molecule has 0 saturated carbocycles. The van der Waals surface area contributed by atoms with Crippen molar-refractivity contribution in [2.24, 2.45) is 0 Å². The third-order valence-corrected chi connectivity index (χ3v) is 6.04. The summed E-state index contributed by atoms with van der Waals surface area (Å²) in [5, 5.41) is 12.4. The number of amides is 1. The Bertz CT molecular complexity index is 886. The van der Waals surface area contributed by atoms with Gasteiger partial charge in [0, 0.05) is 32.4 Å². The lowest BCUT2D eigenvalue weighted by Crippen LogP contribution is -2.34. The number of carbonyl (C=O) groups is 2. The maximum absolute atomic E-state index is 13.1. The van der Waals surface area contributed by atoms with Gasteiger partial charge in [-0.15, -0.1) is 11.3 Å². The average molecular weight is 415 g/mol. The van der Waals surface area contributed by atoms with Crippen molar-refractivity contribution in [3.8, 4) is 0 Å². The molecule has 6 nitrogen and oxygen atoms in total. The second kappa shape index (κ2) is 9.24. The predicted octanol–water partition coefficient (Wildman–Crippen LogP) is 3.82. The van der Waals surface area contributed by atoms with Crippen LogP contribution in [0.4, 0.5) is 5.69 Å². The summed E-state index contributed by atoms with van der Waals surface area (Å²) in [7, 11) is 1.55. The van der Waals surface area contributed by atoms with Crippen molar-refractivity contribution in [2.45, 2.75) is 19.9 Å². The zero-order valence-electron chi connectivity index (χ0n) is 16.9. The molecule has 1 aliphatic rings. The first-order valence-electron chi connectivity index (χ1n) is 9.69. The zero-order valence-corrected chi connectivity index (χ0v) is 17.7. The van der Waals surface area contributed by atoms with Gasteiger partial charge in [-0.25, -0.2) is 0 Å². The summed E-state index contributed by atoms with van der Waals surface area (Å²) in [5.41, 5.74) is 1.99. The number of aliphatic hydroxyl groups is 1. The highest BCUT2D eigenvalue weighted by atomic mass is 32.1. The number of hydrogen-bond donors (Lipinski definition) is 1. The van der Waals surface area contributed by atoms with Crippen LogP contribution >= 0.6 is 11.3 Å². The first-order chi connectivity index (χ1) is 14.0. The Hall–Kier alpha value is -2.64. The minimum atomic E-state index is -0.641. The molecule has 29 heavy (non-hydrogen) atoms. The highest BCUT2D eigenvalue weighted by Gasteiger charge is 2.43. The van der Waals surface area contributed by atoms with E-state index in [0.717, 1.165) is 24.3 Å². The van der Waals surface area contributed by atoms with E-state index in [1.807, 2.05) is 24.3 Å². The Balaban J connectivity index is 2.02. The van der Waals surface area contributed by atoms with Crippen LogP contribution in [-0.2, 0) is 9.53 Å². The van der Waals surface area contributed by atoms with Crippen molar-refractivity contribution in [3.63, 3.8) is 0 Å². The normalized spacial score (nSPS) is 16.6. The van der Waals surface area contributed by atoms with Crippen molar-refractivity contribution in [1.82, 2.24) is 4.90 Å². The molecule has 2 heterocycles. The van der Waals surface area contributed by atoms with E-state index < -0.39 is 17.7 Å². The van der Waals surface area contributed by atoms with Gasteiger partial charge in [0.1, 0.15) is 0 Å². The zero-order chi connectivity index (χ0) is 21.0. The van der Waals surface area contributed by atoms with Gasteiger partial charge in [-0.3, -0.25) is 9.59 Å². The standard InChI is InChI=1S/C22H26N2O4S/c1-4-23(5-2)16-10-8-15(9-11-16)19-18(20(25)17-7-6-14-29-17)21(26)22(27)24(19)12-13-28-3/h6-11,14,19,26H,4-5,12-13H2,1-3H3. The molecule has 1 atom stereocenters. The summed E-state index contributed by atoms with van der Waals surface area (Å²) >= 11 is 1.29. The molecule has 7 heteroatoms. The second-order valence-electron chi connectivity index (χ2n) is 6.73. The Kier molecular flexibility index (Phi) is 6.71. The third kappa shape index (κ3) is 4.06. The van der Waals surface area contributed by atoms with E-state index in [2.05, 4.69) is 18.7 Å². The highest BCUT2D eigenvalue weighted by Crippen LogP contribution is 2.39. The van der Waals surface area contributed by atoms with Crippen molar-refractivity contribution >= 4 is 28.7 Å². The molecule has 0 fully saturated rings.